The Bertz CT molecular complexity index is 514. The van der Waals surface area contributed by atoms with Crippen molar-refractivity contribution in [2.24, 2.45) is 7.05 Å². The van der Waals surface area contributed by atoms with Crippen molar-refractivity contribution in [3.05, 3.63) is 35.9 Å². The van der Waals surface area contributed by atoms with E-state index < -0.39 is 10.2 Å². The molecule has 0 spiro atoms. The second-order valence-electron chi connectivity index (χ2n) is 3.05. The molecule has 1 heterocycles. The van der Waals surface area contributed by atoms with Crippen molar-refractivity contribution in [1.29, 1.82) is 0 Å². The van der Waals surface area contributed by atoms with Crippen LogP contribution in [-0.2, 0) is 7.05 Å². The lowest BCUT2D eigenvalue weighted by Crippen LogP contribution is -2.68. The molecular weight excluding hydrogens is 266 g/mol. The number of rotatable bonds is 1. The molecular formula is C10H10ClNO4S. The number of fused-ring (bicyclic) bond motifs is 1. The Morgan fingerprint density at radius 2 is 1.76 bits per heavy atom. The van der Waals surface area contributed by atoms with E-state index in [0.717, 1.165) is 0 Å². The highest BCUT2D eigenvalue weighted by Gasteiger charge is 2.11. The van der Waals surface area contributed by atoms with Gasteiger partial charge in [-0.3, -0.25) is 0 Å². The predicted octanol–water partition coefficient (Wildman–Crippen LogP) is -2.39. The van der Waals surface area contributed by atoms with E-state index in [9.17, 15) is 0 Å². The first-order chi connectivity index (χ1) is 7.83. The largest absolute Gasteiger partial charge is 0.261 e. The second kappa shape index (κ2) is 5.54. The van der Waals surface area contributed by atoms with Crippen LogP contribution in [0.1, 0.15) is 5.01 Å². The molecule has 92 valence electrons. The first-order valence-corrected chi connectivity index (χ1v) is 6.50. The molecule has 1 aromatic heterocycles. The Balaban J connectivity index is 0.000000249. The van der Waals surface area contributed by atoms with E-state index in [1.165, 1.54) is 15.2 Å². The van der Waals surface area contributed by atoms with Crippen LogP contribution in [0.3, 0.4) is 0 Å². The van der Waals surface area contributed by atoms with Crippen molar-refractivity contribution in [3.63, 3.8) is 0 Å². The summed E-state index contributed by atoms with van der Waals surface area (Å²) in [5.41, 5.74) is 1.28. The van der Waals surface area contributed by atoms with E-state index in [1.807, 2.05) is 6.08 Å². The van der Waals surface area contributed by atoms with Crippen molar-refractivity contribution in [1.82, 2.24) is 0 Å². The fraction of sp³-hybridized carbons (Fsp3) is 0.100. The fourth-order valence-electron chi connectivity index (χ4n) is 1.30. The lowest BCUT2D eigenvalue weighted by molar-refractivity contribution is -2.00. The van der Waals surface area contributed by atoms with Gasteiger partial charge in [0.25, 0.3) is 5.01 Å². The van der Waals surface area contributed by atoms with Crippen LogP contribution in [0, 0.1) is 10.2 Å². The molecule has 0 amide bonds. The molecule has 0 aliphatic rings. The Kier molecular flexibility index (Phi) is 4.58. The van der Waals surface area contributed by atoms with Gasteiger partial charge < -0.3 is 0 Å². The Hall–Kier alpha value is -1.02. The van der Waals surface area contributed by atoms with Crippen molar-refractivity contribution in [2.45, 2.75) is 0 Å². The molecule has 0 unspecified atom stereocenters. The predicted molar refractivity (Wildman–Crippen MR) is 53.1 cm³/mol. The summed E-state index contributed by atoms with van der Waals surface area (Å²) in [4.78, 5) is 0. The molecule has 0 fully saturated rings. The number of nitrogens with zero attached hydrogens (tertiary/aromatic N) is 1. The van der Waals surface area contributed by atoms with Gasteiger partial charge in [-0.15, -0.1) is 10.2 Å². The van der Waals surface area contributed by atoms with Gasteiger partial charge in [-0.1, -0.05) is 30.0 Å². The molecule has 0 aliphatic carbocycles. The van der Waals surface area contributed by atoms with Crippen LogP contribution in [0.5, 0.6) is 0 Å². The minimum absolute atomic E-state index is 1.20. The number of hydrogen-bond acceptors (Lipinski definition) is 5. The van der Waals surface area contributed by atoms with E-state index in [-0.39, 0.29) is 0 Å². The van der Waals surface area contributed by atoms with E-state index in [0.29, 0.717) is 0 Å². The molecule has 0 saturated heterocycles. The van der Waals surface area contributed by atoms with Gasteiger partial charge in [-0.05, 0) is 6.07 Å². The molecule has 0 bridgehead atoms. The third-order valence-electron chi connectivity index (χ3n) is 1.95. The first kappa shape index (κ1) is 14.0. The van der Waals surface area contributed by atoms with Gasteiger partial charge in [0, 0.05) is 12.1 Å². The Morgan fingerprint density at radius 3 is 2.24 bits per heavy atom. The molecule has 0 atom stereocenters. The van der Waals surface area contributed by atoms with Gasteiger partial charge in [-0.2, -0.15) is 4.57 Å². The van der Waals surface area contributed by atoms with E-state index in [2.05, 4.69) is 42.5 Å². The topological polar surface area (TPSA) is 96.1 Å². The molecule has 7 heteroatoms. The van der Waals surface area contributed by atoms with Crippen molar-refractivity contribution in [3.8, 4) is 0 Å². The highest BCUT2D eigenvalue weighted by molar-refractivity contribution is 7.18. The number of aryl methyl sites for hydroxylation is 1. The standard InChI is InChI=1S/C10H10NS.ClHO4/c1-3-10-11(2)8-6-4-5-7-9(8)12-10;2-1(3,4)5/h3-7H,1H2,2H3;(H,2,3,4,5)/q+1;/p-1. The number of hydrogen-bond donors (Lipinski definition) is 0. The average molecular weight is 276 g/mol. The number of aromatic nitrogens is 1. The zero-order chi connectivity index (χ0) is 13.1. The zero-order valence-electron chi connectivity index (χ0n) is 8.96. The van der Waals surface area contributed by atoms with Gasteiger partial charge in [0.05, 0.1) is 0 Å². The highest BCUT2D eigenvalue weighted by atomic mass is 35.7. The van der Waals surface area contributed by atoms with E-state index in [4.69, 9.17) is 18.6 Å². The van der Waals surface area contributed by atoms with Crippen molar-refractivity contribution < 1.29 is 33.4 Å². The molecule has 0 radical (unpaired) electrons. The van der Waals surface area contributed by atoms with Crippen LogP contribution in [0.2, 0.25) is 0 Å². The van der Waals surface area contributed by atoms with Gasteiger partial charge in [-0.25, -0.2) is 18.6 Å². The third-order valence-corrected chi connectivity index (χ3v) is 3.16. The summed E-state index contributed by atoms with van der Waals surface area (Å²) in [6.45, 7) is 3.78. The molecule has 0 aliphatic heterocycles. The van der Waals surface area contributed by atoms with E-state index in [1.54, 1.807) is 11.3 Å². The van der Waals surface area contributed by atoms with Crippen LogP contribution in [-0.4, -0.2) is 0 Å². The van der Waals surface area contributed by atoms with Crippen LogP contribution in [0.4, 0.5) is 0 Å². The molecule has 0 N–H and O–H groups in total. The van der Waals surface area contributed by atoms with E-state index >= 15 is 0 Å². The van der Waals surface area contributed by atoms with Crippen LogP contribution in [0.25, 0.3) is 16.3 Å². The Morgan fingerprint density at radius 1 is 1.24 bits per heavy atom. The fourth-order valence-corrected chi connectivity index (χ4v) is 2.30. The minimum atomic E-state index is -4.94. The average Bonchev–Trinajstić information content (AvgIpc) is 2.54. The SMILES string of the molecule is C=Cc1sc2ccccc2[n+]1C.[O-][Cl+3]([O-])([O-])[O-]. The Labute approximate surface area is 104 Å². The lowest BCUT2D eigenvalue weighted by atomic mass is 10.3. The van der Waals surface area contributed by atoms with Gasteiger partial charge in [0.2, 0.25) is 5.52 Å². The summed E-state index contributed by atoms with van der Waals surface area (Å²) in [7, 11) is -2.88. The molecule has 2 rings (SSSR count). The third kappa shape index (κ3) is 4.39. The van der Waals surface area contributed by atoms with Crippen LogP contribution in [0.15, 0.2) is 30.8 Å². The van der Waals surface area contributed by atoms with Crippen molar-refractivity contribution in [2.75, 3.05) is 0 Å². The highest BCUT2D eigenvalue weighted by Crippen LogP contribution is 2.19. The minimum Gasteiger partial charge on any atom is -0.222 e. The molecule has 2 aromatic rings. The lowest BCUT2D eigenvalue weighted by Gasteiger charge is -2.17. The smallest absolute Gasteiger partial charge is 0.222 e. The number of para-hydroxylation sites is 1. The summed E-state index contributed by atoms with van der Waals surface area (Å²) in [6, 6.07) is 8.37. The maximum absolute atomic E-state index is 8.49. The van der Waals surface area contributed by atoms with Crippen LogP contribution >= 0.6 is 11.3 Å². The second-order valence-corrected chi connectivity index (χ2v) is 4.87. The molecule has 17 heavy (non-hydrogen) atoms. The zero-order valence-corrected chi connectivity index (χ0v) is 10.5. The van der Waals surface area contributed by atoms with Crippen LogP contribution < -0.4 is 23.2 Å². The molecule has 0 saturated carbocycles. The molecule has 1 aromatic carbocycles. The molecule has 5 nitrogen and oxygen atoms in total. The maximum Gasteiger partial charge on any atom is 0.261 e. The summed E-state index contributed by atoms with van der Waals surface area (Å²) < 4.78 is 37.4. The van der Waals surface area contributed by atoms with Crippen molar-refractivity contribution >= 4 is 27.6 Å². The number of thiazole rings is 1. The quantitative estimate of drug-likeness (QED) is 0.543. The summed E-state index contributed by atoms with van der Waals surface area (Å²) in [5, 5.41) is 1.20. The summed E-state index contributed by atoms with van der Waals surface area (Å²) in [5.74, 6) is 0. The van der Waals surface area contributed by atoms with Gasteiger partial charge >= 0.3 is 0 Å². The summed E-state index contributed by atoms with van der Waals surface area (Å²) in [6.07, 6.45) is 1.89. The number of halogens is 1. The maximum atomic E-state index is 8.49. The normalized spacial score (nSPS) is 10.9. The van der Waals surface area contributed by atoms with Gasteiger partial charge in [0.15, 0.2) is 0 Å². The summed E-state index contributed by atoms with van der Waals surface area (Å²) >= 11 is 1.77. The van der Waals surface area contributed by atoms with Gasteiger partial charge in [0.1, 0.15) is 11.7 Å². The number of benzene rings is 1. The first-order valence-electron chi connectivity index (χ1n) is 4.44. The monoisotopic (exact) mass is 275 g/mol.